The number of carboxylic acid groups (broad SMARTS) is 1. The number of rotatable bonds is 6. The number of anilines is 2. The fraction of sp³-hybridized carbons (Fsp3) is 0.160. The van der Waals surface area contributed by atoms with Crippen LogP contribution >= 0.6 is 12.6 Å². The van der Waals surface area contributed by atoms with E-state index in [0.717, 1.165) is 22.5 Å². The minimum absolute atomic E-state index is 0.148. The average molecular weight is 461 g/mol. The Kier molecular flexibility index (Phi) is 6.11. The van der Waals surface area contributed by atoms with E-state index >= 15 is 0 Å². The Balaban J connectivity index is 1.74. The lowest BCUT2D eigenvalue weighted by Gasteiger charge is -2.16. The number of hydrogen-bond donors (Lipinski definition) is 3. The van der Waals surface area contributed by atoms with Crippen molar-refractivity contribution >= 4 is 41.6 Å². The number of allylic oxidation sites excluding steroid dienone is 2. The molecule has 0 saturated heterocycles. The smallest absolute Gasteiger partial charge is 0.335 e. The number of aromatic nitrogens is 2. The number of carboxylic acids is 1. The molecule has 0 aliphatic carbocycles. The Labute approximate surface area is 197 Å². The summed E-state index contributed by atoms with van der Waals surface area (Å²) in [7, 11) is 0. The normalized spacial score (nSPS) is 13.2. The molecule has 4 rings (SSSR count). The van der Waals surface area contributed by atoms with Gasteiger partial charge in [0, 0.05) is 34.1 Å². The summed E-state index contributed by atoms with van der Waals surface area (Å²) in [6, 6.07) is 12.2. The van der Waals surface area contributed by atoms with E-state index in [1.165, 1.54) is 0 Å². The van der Waals surface area contributed by atoms with Crippen LogP contribution in [0.5, 0.6) is 0 Å². The number of carbonyl (C=O) groups is 2. The van der Waals surface area contributed by atoms with Crippen molar-refractivity contribution in [1.29, 1.82) is 0 Å². The van der Waals surface area contributed by atoms with E-state index in [1.807, 2.05) is 31.2 Å². The second kappa shape index (κ2) is 8.99. The van der Waals surface area contributed by atoms with Crippen molar-refractivity contribution in [3.63, 3.8) is 0 Å². The van der Waals surface area contributed by atoms with Crippen LogP contribution in [0.15, 0.2) is 66.1 Å². The largest absolute Gasteiger partial charge is 0.478 e. The zero-order valence-corrected chi connectivity index (χ0v) is 19.0. The van der Waals surface area contributed by atoms with Crippen LogP contribution in [0, 0.1) is 0 Å². The van der Waals surface area contributed by atoms with Gasteiger partial charge in [-0.05, 0) is 54.8 Å². The third kappa shape index (κ3) is 4.17. The van der Waals surface area contributed by atoms with Gasteiger partial charge < -0.3 is 15.7 Å². The average Bonchev–Trinajstić information content (AvgIpc) is 3.42. The molecule has 1 aromatic heterocycles. The first-order valence-electron chi connectivity index (χ1n) is 10.5. The van der Waals surface area contributed by atoms with Crippen LogP contribution in [0.4, 0.5) is 11.4 Å². The maximum Gasteiger partial charge on any atom is 0.335 e. The first kappa shape index (κ1) is 22.4. The second-order valence-corrected chi connectivity index (χ2v) is 8.18. The summed E-state index contributed by atoms with van der Waals surface area (Å²) in [4.78, 5) is 27.1. The van der Waals surface area contributed by atoms with Gasteiger partial charge >= 0.3 is 5.97 Å². The van der Waals surface area contributed by atoms with Crippen molar-refractivity contribution in [1.82, 2.24) is 9.78 Å². The molecule has 33 heavy (non-hydrogen) atoms. The number of aryl methyl sites for hydroxylation is 1. The third-order valence-electron chi connectivity index (χ3n) is 5.66. The number of hydrogen-bond acceptors (Lipinski definition) is 5. The molecule has 168 valence electrons. The van der Waals surface area contributed by atoms with Crippen molar-refractivity contribution in [2.75, 3.05) is 17.2 Å². The first-order valence-corrected chi connectivity index (χ1v) is 11.0. The van der Waals surface area contributed by atoms with Gasteiger partial charge in [0.05, 0.1) is 11.3 Å². The molecule has 0 atom stereocenters. The molecule has 0 unspecified atom stereocenters. The van der Waals surface area contributed by atoms with E-state index in [-0.39, 0.29) is 17.2 Å². The van der Waals surface area contributed by atoms with Crippen molar-refractivity contribution < 1.29 is 14.7 Å². The quantitative estimate of drug-likeness (QED) is 0.289. The molecule has 0 saturated carbocycles. The van der Waals surface area contributed by atoms with Gasteiger partial charge in [-0.3, -0.25) is 4.79 Å². The van der Waals surface area contributed by atoms with Gasteiger partial charge in [-0.15, -0.1) is 12.6 Å². The number of nitrogens with two attached hydrogens (primary N) is 1. The molecule has 1 aliphatic heterocycles. The predicted octanol–water partition coefficient (Wildman–Crippen LogP) is 4.29. The Hall–Kier alpha value is -3.78. The summed E-state index contributed by atoms with van der Waals surface area (Å²) >= 11 is 4.34. The fourth-order valence-corrected chi connectivity index (χ4v) is 4.10. The number of nitrogen functional groups attached to an aromatic ring is 1. The summed E-state index contributed by atoms with van der Waals surface area (Å²) in [5.74, 6) is -1.30. The number of nitrogens with zero attached hydrogens (tertiary/aromatic N) is 3. The number of benzene rings is 2. The van der Waals surface area contributed by atoms with Crippen LogP contribution in [-0.2, 0) is 12.8 Å². The highest BCUT2D eigenvalue weighted by molar-refractivity contribution is 7.80. The summed E-state index contributed by atoms with van der Waals surface area (Å²) in [6.45, 7) is 6.27. The van der Waals surface area contributed by atoms with Crippen molar-refractivity contribution in [2.24, 2.45) is 0 Å². The Morgan fingerprint density at radius 3 is 2.64 bits per heavy atom. The van der Waals surface area contributed by atoms with E-state index < -0.39 is 5.97 Å². The molecule has 0 radical (unpaired) electrons. The van der Waals surface area contributed by atoms with E-state index in [2.05, 4.69) is 24.3 Å². The minimum Gasteiger partial charge on any atom is -0.478 e. The summed E-state index contributed by atoms with van der Waals surface area (Å²) in [6.07, 6.45) is 4.79. The number of fused-ring (bicyclic) bond motifs is 1. The van der Waals surface area contributed by atoms with Gasteiger partial charge in [-0.25, -0.2) is 9.48 Å². The number of amides is 1. The summed E-state index contributed by atoms with van der Waals surface area (Å²) in [5.41, 5.74) is 11.0. The SMILES string of the molecule is C=C/C=C(/c1ccc(S)c(N)c1)n1nc(C(=O)N2CCc3ccc(C(=O)O)cc32)cc1CC. The van der Waals surface area contributed by atoms with E-state index in [4.69, 9.17) is 5.73 Å². The highest BCUT2D eigenvalue weighted by Crippen LogP contribution is 2.31. The molecule has 3 aromatic rings. The molecular formula is C25H24N4O3S. The monoisotopic (exact) mass is 460 g/mol. The van der Waals surface area contributed by atoms with E-state index in [1.54, 1.807) is 39.9 Å². The van der Waals surface area contributed by atoms with Crippen LogP contribution < -0.4 is 10.6 Å². The lowest BCUT2D eigenvalue weighted by molar-refractivity contribution is 0.0696. The highest BCUT2D eigenvalue weighted by atomic mass is 32.1. The molecule has 0 bridgehead atoms. The Morgan fingerprint density at radius 1 is 1.21 bits per heavy atom. The minimum atomic E-state index is -1.03. The zero-order chi connectivity index (χ0) is 23.7. The maximum absolute atomic E-state index is 13.4. The van der Waals surface area contributed by atoms with Crippen molar-refractivity contribution in [3.8, 4) is 0 Å². The van der Waals surface area contributed by atoms with Crippen LogP contribution in [0.25, 0.3) is 5.70 Å². The molecular weight excluding hydrogens is 436 g/mol. The topological polar surface area (TPSA) is 101 Å². The molecule has 1 amide bonds. The van der Waals surface area contributed by atoms with Gasteiger partial charge in [-0.2, -0.15) is 5.10 Å². The molecule has 2 heterocycles. The fourth-order valence-electron chi connectivity index (χ4n) is 3.96. The van der Waals surface area contributed by atoms with Crippen molar-refractivity contribution in [2.45, 2.75) is 24.7 Å². The van der Waals surface area contributed by atoms with Crippen LogP contribution in [-0.4, -0.2) is 33.3 Å². The third-order valence-corrected chi connectivity index (χ3v) is 6.07. The Bertz CT molecular complexity index is 1310. The predicted molar refractivity (Wildman–Crippen MR) is 132 cm³/mol. The number of aromatic carboxylic acids is 1. The van der Waals surface area contributed by atoms with Gasteiger partial charge in [0.25, 0.3) is 5.91 Å². The van der Waals surface area contributed by atoms with Crippen molar-refractivity contribution in [3.05, 3.63) is 89.3 Å². The van der Waals surface area contributed by atoms with E-state index in [0.29, 0.717) is 35.7 Å². The number of carbonyl (C=O) groups excluding carboxylic acids is 1. The molecule has 7 nitrogen and oxygen atoms in total. The highest BCUT2D eigenvalue weighted by Gasteiger charge is 2.29. The zero-order valence-electron chi connectivity index (χ0n) is 18.2. The summed E-state index contributed by atoms with van der Waals surface area (Å²) in [5, 5.41) is 14.0. The molecule has 0 fully saturated rings. The maximum atomic E-state index is 13.4. The lowest BCUT2D eigenvalue weighted by atomic mass is 10.1. The molecule has 1 aliphatic rings. The van der Waals surface area contributed by atoms with Gasteiger partial charge in [-0.1, -0.05) is 31.7 Å². The van der Waals surface area contributed by atoms with E-state index in [9.17, 15) is 14.7 Å². The molecule has 8 heteroatoms. The summed E-state index contributed by atoms with van der Waals surface area (Å²) < 4.78 is 1.73. The number of thiol groups is 1. The van der Waals surface area contributed by atoms with Gasteiger partial charge in [0.1, 0.15) is 0 Å². The van der Waals surface area contributed by atoms with Crippen LogP contribution in [0.2, 0.25) is 0 Å². The van der Waals surface area contributed by atoms with Crippen LogP contribution in [0.3, 0.4) is 0 Å². The molecule has 2 aromatic carbocycles. The van der Waals surface area contributed by atoms with Crippen LogP contribution in [0.1, 0.15) is 44.6 Å². The van der Waals surface area contributed by atoms with Gasteiger partial charge in [0.15, 0.2) is 5.69 Å². The lowest BCUT2D eigenvalue weighted by Crippen LogP contribution is -2.29. The molecule has 3 N–H and O–H groups in total. The first-order chi connectivity index (χ1) is 15.8. The standard InChI is InChI=1S/C25H24N4O3S/c1-3-5-21(16-8-9-23(33)19(26)12-16)29-18(4-2)14-20(27-29)24(30)28-11-10-15-6-7-17(25(31)32)13-22(15)28/h3,5-9,12-14,33H,1,4,10-11,26H2,2H3,(H,31,32)/b21-5-. The Morgan fingerprint density at radius 2 is 1.97 bits per heavy atom. The molecule has 0 spiro atoms. The van der Waals surface area contributed by atoms with Gasteiger partial charge in [0.2, 0.25) is 0 Å². The second-order valence-electron chi connectivity index (χ2n) is 7.70.